The van der Waals surface area contributed by atoms with Crippen LogP contribution < -0.4 is 20.1 Å². The molecule has 2 rings (SSSR count). The number of hydrogen-bond donors (Lipinski definition) is 2. The minimum absolute atomic E-state index is 0.0441. The summed E-state index contributed by atoms with van der Waals surface area (Å²) in [5.74, 6) is 0.824. The minimum atomic E-state index is -0.246. The smallest absolute Gasteiger partial charge is 0.239 e. The molecular weight excluding hydrogens is 328 g/mol. The van der Waals surface area contributed by atoms with E-state index in [4.69, 9.17) is 9.47 Å². The molecule has 128 valence electrons. The first-order chi connectivity index (χ1) is 11.6. The third-order valence-corrected chi connectivity index (χ3v) is 4.18. The van der Waals surface area contributed by atoms with Gasteiger partial charge in [0.1, 0.15) is 0 Å². The molecule has 0 aliphatic carbocycles. The summed E-state index contributed by atoms with van der Waals surface area (Å²) in [7, 11) is 3.13. The Hall–Kier alpha value is -2.54. The maximum atomic E-state index is 11.8. The lowest BCUT2D eigenvalue weighted by atomic mass is 10.2. The monoisotopic (exact) mass is 348 g/mol. The third kappa shape index (κ3) is 5.27. The zero-order valence-electron chi connectivity index (χ0n) is 13.6. The van der Waals surface area contributed by atoms with E-state index in [2.05, 4.69) is 10.6 Å². The highest BCUT2D eigenvalue weighted by Crippen LogP contribution is 2.27. The number of ether oxygens (including phenoxy) is 2. The van der Waals surface area contributed by atoms with Crippen LogP contribution in [0, 0.1) is 0 Å². The van der Waals surface area contributed by atoms with Gasteiger partial charge in [-0.2, -0.15) is 0 Å². The third-order valence-electron chi connectivity index (χ3n) is 3.30. The van der Waals surface area contributed by atoms with Crippen molar-refractivity contribution < 1.29 is 19.1 Å². The molecule has 0 atom stereocenters. The van der Waals surface area contributed by atoms with Crippen LogP contribution in [-0.4, -0.2) is 32.6 Å². The van der Waals surface area contributed by atoms with E-state index in [9.17, 15) is 9.59 Å². The number of nitrogens with one attached hydrogen (secondary N) is 2. The van der Waals surface area contributed by atoms with Gasteiger partial charge in [-0.05, 0) is 29.1 Å². The van der Waals surface area contributed by atoms with Crippen LogP contribution in [-0.2, 0) is 22.6 Å². The number of thiophene rings is 1. The molecule has 0 spiro atoms. The summed E-state index contributed by atoms with van der Waals surface area (Å²) < 4.78 is 10.4. The first-order valence-electron chi connectivity index (χ1n) is 7.39. The Morgan fingerprint density at radius 1 is 1.04 bits per heavy atom. The van der Waals surface area contributed by atoms with Crippen LogP contribution in [0.5, 0.6) is 11.5 Å². The number of methoxy groups -OCH3 is 2. The van der Waals surface area contributed by atoms with Crippen molar-refractivity contribution in [2.24, 2.45) is 0 Å². The Kier molecular flexibility index (Phi) is 6.62. The normalized spacial score (nSPS) is 10.1. The molecule has 0 unspecified atom stereocenters. The van der Waals surface area contributed by atoms with Crippen molar-refractivity contribution in [2.75, 3.05) is 20.8 Å². The van der Waals surface area contributed by atoms with E-state index in [0.717, 1.165) is 10.4 Å². The van der Waals surface area contributed by atoms with Gasteiger partial charge in [-0.3, -0.25) is 9.59 Å². The summed E-state index contributed by atoms with van der Waals surface area (Å²) in [5, 5.41) is 7.28. The molecule has 24 heavy (non-hydrogen) atoms. The highest BCUT2D eigenvalue weighted by molar-refractivity contribution is 7.10. The maximum absolute atomic E-state index is 11.8. The van der Waals surface area contributed by atoms with Crippen molar-refractivity contribution in [3.63, 3.8) is 0 Å². The van der Waals surface area contributed by atoms with E-state index in [1.54, 1.807) is 26.4 Å². The van der Waals surface area contributed by atoms with Gasteiger partial charge < -0.3 is 20.1 Å². The second kappa shape index (κ2) is 8.93. The molecule has 0 aliphatic heterocycles. The van der Waals surface area contributed by atoms with Crippen LogP contribution in [0.2, 0.25) is 0 Å². The molecule has 0 fully saturated rings. The summed E-state index contributed by atoms with van der Waals surface area (Å²) in [6, 6.07) is 9.21. The van der Waals surface area contributed by atoms with Gasteiger partial charge >= 0.3 is 0 Å². The lowest BCUT2D eigenvalue weighted by molar-refractivity contribution is -0.125. The summed E-state index contributed by atoms with van der Waals surface area (Å²) in [6.45, 7) is 0.303. The van der Waals surface area contributed by atoms with Gasteiger partial charge in [0.25, 0.3) is 0 Å². The van der Waals surface area contributed by atoms with Gasteiger partial charge in [-0.15, -0.1) is 11.3 Å². The molecule has 0 bridgehead atoms. The fraction of sp³-hybridized carbons (Fsp3) is 0.294. The molecule has 1 aromatic heterocycles. The number of amides is 2. The van der Waals surface area contributed by atoms with E-state index >= 15 is 0 Å². The van der Waals surface area contributed by atoms with Crippen LogP contribution in [0.3, 0.4) is 0 Å². The van der Waals surface area contributed by atoms with Crippen molar-refractivity contribution in [3.05, 3.63) is 46.2 Å². The zero-order chi connectivity index (χ0) is 17.4. The maximum Gasteiger partial charge on any atom is 0.239 e. The fourth-order valence-corrected chi connectivity index (χ4v) is 2.77. The molecule has 0 aliphatic rings. The van der Waals surface area contributed by atoms with Gasteiger partial charge in [-0.1, -0.05) is 12.1 Å². The van der Waals surface area contributed by atoms with Gasteiger partial charge in [0, 0.05) is 11.4 Å². The molecule has 2 aromatic rings. The zero-order valence-corrected chi connectivity index (χ0v) is 14.4. The predicted molar refractivity (Wildman–Crippen MR) is 92.4 cm³/mol. The molecule has 1 aromatic carbocycles. The minimum Gasteiger partial charge on any atom is -0.493 e. The Balaban J connectivity index is 1.75. The van der Waals surface area contributed by atoms with Crippen molar-refractivity contribution in [1.82, 2.24) is 10.6 Å². The SMILES string of the molecule is COc1ccc(CNC(=O)CNC(=O)Cc2cccs2)cc1OC. The average Bonchev–Trinajstić information content (AvgIpc) is 3.10. The number of hydrogen-bond acceptors (Lipinski definition) is 5. The summed E-state index contributed by atoms with van der Waals surface area (Å²) in [5.41, 5.74) is 0.880. The molecule has 1 heterocycles. The molecule has 0 saturated heterocycles. The number of benzene rings is 1. The lowest BCUT2D eigenvalue weighted by Crippen LogP contribution is -2.37. The molecular formula is C17H20N2O4S. The predicted octanol–water partition coefficient (Wildman–Crippen LogP) is 1.74. The Bertz CT molecular complexity index is 686. The van der Waals surface area contributed by atoms with Gasteiger partial charge in [0.05, 0.1) is 27.2 Å². The quantitative estimate of drug-likeness (QED) is 0.762. The summed E-state index contributed by atoms with van der Waals surface area (Å²) >= 11 is 1.52. The molecule has 6 nitrogen and oxygen atoms in total. The Morgan fingerprint density at radius 2 is 1.83 bits per heavy atom. The van der Waals surface area contributed by atoms with E-state index in [1.807, 2.05) is 23.6 Å². The van der Waals surface area contributed by atoms with E-state index < -0.39 is 0 Å². The van der Waals surface area contributed by atoms with Gasteiger partial charge in [0.15, 0.2) is 11.5 Å². The summed E-state index contributed by atoms with van der Waals surface area (Å²) in [4.78, 5) is 24.5. The summed E-state index contributed by atoms with van der Waals surface area (Å²) in [6.07, 6.45) is 0.292. The van der Waals surface area contributed by atoms with E-state index in [1.165, 1.54) is 11.3 Å². The largest absolute Gasteiger partial charge is 0.493 e. The van der Waals surface area contributed by atoms with E-state index in [0.29, 0.717) is 24.5 Å². The highest BCUT2D eigenvalue weighted by Gasteiger charge is 2.08. The van der Waals surface area contributed by atoms with Crippen molar-refractivity contribution in [1.29, 1.82) is 0 Å². The van der Waals surface area contributed by atoms with E-state index in [-0.39, 0.29) is 18.4 Å². The topological polar surface area (TPSA) is 76.7 Å². The van der Waals surface area contributed by atoms with Crippen LogP contribution in [0.15, 0.2) is 35.7 Å². The first-order valence-corrected chi connectivity index (χ1v) is 8.27. The molecule has 7 heteroatoms. The number of carbonyl (C=O) groups is 2. The van der Waals surface area contributed by atoms with Crippen LogP contribution in [0.25, 0.3) is 0 Å². The second-order valence-electron chi connectivity index (χ2n) is 5.00. The average molecular weight is 348 g/mol. The molecule has 2 N–H and O–H groups in total. The van der Waals surface area contributed by atoms with Gasteiger partial charge in [-0.25, -0.2) is 0 Å². The molecule has 0 saturated carbocycles. The van der Waals surface area contributed by atoms with Crippen molar-refractivity contribution in [3.8, 4) is 11.5 Å². The van der Waals surface area contributed by atoms with Crippen LogP contribution >= 0.6 is 11.3 Å². The van der Waals surface area contributed by atoms with Crippen molar-refractivity contribution >= 4 is 23.2 Å². The Morgan fingerprint density at radius 3 is 2.50 bits per heavy atom. The second-order valence-corrected chi connectivity index (χ2v) is 6.03. The van der Waals surface area contributed by atoms with Crippen molar-refractivity contribution in [2.45, 2.75) is 13.0 Å². The fourth-order valence-electron chi connectivity index (χ4n) is 2.07. The van der Waals surface area contributed by atoms with Gasteiger partial charge in [0.2, 0.25) is 11.8 Å². The Labute approximate surface area is 144 Å². The first kappa shape index (κ1) is 17.8. The van der Waals surface area contributed by atoms with Crippen LogP contribution in [0.1, 0.15) is 10.4 Å². The molecule has 2 amide bonds. The lowest BCUT2D eigenvalue weighted by Gasteiger charge is -2.10. The number of rotatable bonds is 8. The molecule has 0 radical (unpaired) electrons. The van der Waals surface area contributed by atoms with Crippen LogP contribution in [0.4, 0.5) is 0 Å². The highest BCUT2D eigenvalue weighted by atomic mass is 32.1. The standard InChI is InChI=1S/C17H20N2O4S/c1-22-14-6-5-12(8-15(14)23-2)10-18-17(21)11-19-16(20)9-13-4-3-7-24-13/h3-8H,9-11H2,1-2H3,(H,18,21)(H,19,20). The number of carbonyl (C=O) groups excluding carboxylic acids is 2.